The molecule has 0 bridgehead atoms. The van der Waals surface area contributed by atoms with E-state index in [0.29, 0.717) is 13.0 Å². The maximum absolute atomic E-state index is 10.7. The Hall–Kier alpha value is -3.51. The second-order valence-electron chi connectivity index (χ2n) is 7.70. The molecule has 2 N–H and O–H groups in total. The lowest BCUT2D eigenvalue weighted by Gasteiger charge is -2.24. The first-order chi connectivity index (χ1) is 16.0. The standard InChI is InChI=1S/C27H31NO5/c1-4-28(5-2)25-13-9-22(17-19(25)3)24-18-21(10-14-26(24)32-16-6-15-29)20-7-11-23(12-8-20)33-27(30)31/h7-14,17-18,29H,4-6,15-16H2,1-3H3,(H,30,31). The van der Waals surface area contributed by atoms with E-state index in [0.717, 1.165) is 41.1 Å². The predicted molar refractivity (Wildman–Crippen MR) is 131 cm³/mol. The van der Waals surface area contributed by atoms with Crippen LogP contribution in [0, 0.1) is 6.92 Å². The summed E-state index contributed by atoms with van der Waals surface area (Å²) in [5.74, 6) is 1.03. The number of benzene rings is 3. The summed E-state index contributed by atoms with van der Waals surface area (Å²) in [6, 6.07) is 19.4. The summed E-state index contributed by atoms with van der Waals surface area (Å²) in [5, 5.41) is 17.9. The van der Waals surface area contributed by atoms with Crippen LogP contribution in [0.3, 0.4) is 0 Å². The fourth-order valence-electron chi connectivity index (χ4n) is 3.87. The number of nitrogens with zero attached hydrogens (tertiary/aromatic N) is 1. The van der Waals surface area contributed by atoms with E-state index in [1.54, 1.807) is 12.1 Å². The first kappa shape index (κ1) is 24.1. The quantitative estimate of drug-likeness (QED) is 0.225. The van der Waals surface area contributed by atoms with Gasteiger partial charge in [-0.3, -0.25) is 0 Å². The monoisotopic (exact) mass is 449 g/mol. The van der Waals surface area contributed by atoms with E-state index < -0.39 is 6.16 Å². The third-order valence-corrected chi connectivity index (χ3v) is 5.54. The van der Waals surface area contributed by atoms with Gasteiger partial charge >= 0.3 is 6.16 Å². The van der Waals surface area contributed by atoms with Crippen LogP contribution in [0.15, 0.2) is 60.7 Å². The largest absolute Gasteiger partial charge is 0.511 e. The predicted octanol–water partition coefficient (Wildman–Crippen LogP) is 5.99. The Kier molecular flexibility index (Phi) is 8.33. The van der Waals surface area contributed by atoms with E-state index in [1.165, 1.54) is 11.3 Å². The summed E-state index contributed by atoms with van der Waals surface area (Å²) in [6.07, 6.45) is -0.774. The molecular formula is C27H31NO5. The van der Waals surface area contributed by atoms with Crippen molar-refractivity contribution in [2.45, 2.75) is 27.2 Å². The highest BCUT2D eigenvalue weighted by Gasteiger charge is 2.13. The summed E-state index contributed by atoms with van der Waals surface area (Å²) in [6.45, 7) is 8.83. The average molecular weight is 450 g/mol. The average Bonchev–Trinajstić information content (AvgIpc) is 2.81. The van der Waals surface area contributed by atoms with Crippen molar-refractivity contribution in [1.29, 1.82) is 0 Å². The number of ether oxygens (including phenoxy) is 2. The molecule has 3 aromatic carbocycles. The van der Waals surface area contributed by atoms with Gasteiger partial charge in [0.15, 0.2) is 0 Å². The number of carbonyl (C=O) groups is 1. The van der Waals surface area contributed by atoms with E-state index in [2.05, 4.69) is 49.9 Å². The van der Waals surface area contributed by atoms with Gasteiger partial charge in [0.1, 0.15) is 11.5 Å². The zero-order valence-electron chi connectivity index (χ0n) is 19.4. The molecular weight excluding hydrogens is 418 g/mol. The van der Waals surface area contributed by atoms with Crippen LogP contribution in [0.5, 0.6) is 11.5 Å². The van der Waals surface area contributed by atoms with Gasteiger partial charge in [-0.15, -0.1) is 0 Å². The molecule has 6 heteroatoms. The molecule has 0 aliphatic heterocycles. The molecule has 0 heterocycles. The third-order valence-electron chi connectivity index (χ3n) is 5.54. The molecule has 3 aromatic rings. The Bertz CT molecular complexity index is 1070. The van der Waals surface area contributed by atoms with Crippen LogP contribution in [0.4, 0.5) is 10.5 Å². The number of hydrogen-bond donors (Lipinski definition) is 2. The van der Waals surface area contributed by atoms with Crippen molar-refractivity contribution in [1.82, 2.24) is 0 Å². The molecule has 0 aliphatic rings. The summed E-state index contributed by atoms with van der Waals surface area (Å²) in [7, 11) is 0. The molecule has 0 radical (unpaired) electrons. The zero-order valence-corrected chi connectivity index (χ0v) is 19.4. The van der Waals surface area contributed by atoms with Gasteiger partial charge in [-0.05, 0) is 79.4 Å². The lowest BCUT2D eigenvalue weighted by atomic mass is 9.96. The highest BCUT2D eigenvalue weighted by Crippen LogP contribution is 2.37. The Labute approximate surface area is 195 Å². The van der Waals surface area contributed by atoms with Crippen molar-refractivity contribution in [2.24, 2.45) is 0 Å². The van der Waals surface area contributed by atoms with Crippen LogP contribution in [0.1, 0.15) is 25.8 Å². The number of aliphatic hydroxyl groups excluding tert-OH is 1. The van der Waals surface area contributed by atoms with Crippen LogP contribution in [0.25, 0.3) is 22.3 Å². The summed E-state index contributed by atoms with van der Waals surface area (Å²) < 4.78 is 10.7. The molecule has 33 heavy (non-hydrogen) atoms. The van der Waals surface area contributed by atoms with Crippen molar-refractivity contribution in [3.8, 4) is 33.8 Å². The van der Waals surface area contributed by atoms with Gasteiger partial charge in [0, 0.05) is 37.4 Å². The Morgan fingerprint density at radius 2 is 1.58 bits per heavy atom. The van der Waals surface area contributed by atoms with E-state index in [1.807, 2.05) is 24.3 Å². The number of rotatable bonds is 10. The van der Waals surface area contributed by atoms with E-state index in [9.17, 15) is 4.79 Å². The van der Waals surface area contributed by atoms with E-state index in [4.69, 9.17) is 19.7 Å². The highest BCUT2D eigenvalue weighted by atomic mass is 16.7. The summed E-state index contributed by atoms with van der Waals surface area (Å²) >= 11 is 0. The third kappa shape index (κ3) is 6.05. The second kappa shape index (κ2) is 11.4. The first-order valence-corrected chi connectivity index (χ1v) is 11.2. The lowest BCUT2D eigenvalue weighted by Crippen LogP contribution is -2.22. The number of anilines is 1. The topological polar surface area (TPSA) is 79.2 Å². The zero-order chi connectivity index (χ0) is 23.8. The molecule has 0 aliphatic carbocycles. The smallest absolute Gasteiger partial charge is 0.493 e. The van der Waals surface area contributed by atoms with E-state index >= 15 is 0 Å². The number of aryl methyl sites for hydroxylation is 1. The normalized spacial score (nSPS) is 10.7. The molecule has 0 saturated heterocycles. The molecule has 0 saturated carbocycles. The van der Waals surface area contributed by atoms with Crippen molar-refractivity contribution in [3.63, 3.8) is 0 Å². The van der Waals surface area contributed by atoms with Gasteiger partial charge in [0.2, 0.25) is 0 Å². The van der Waals surface area contributed by atoms with Crippen molar-refractivity contribution in [3.05, 3.63) is 66.2 Å². The van der Waals surface area contributed by atoms with Crippen molar-refractivity contribution < 1.29 is 24.5 Å². The molecule has 0 fully saturated rings. The summed E-state index contributed by atoms with van der Waals surface area (Å²) in [5.41, 5.74) is 6.34. The highest BCUT2D eigenvalue weighted by molar-refractivity contribution is 5.79. The fraction of sp³-hybridized carbons (Fsp3) is 0.296. The molecule has 0 atom stereocenters. The maximum Gasteiger partial charge on any atom is 0.511 e. The number of aliphatic hydroxyl groups is 1. The number of hydrogen-bond acceptors (Lipinski definition) is 5. The first-order valence-electron chi connectivity index (χ1n) is 11.2. The SMILES string of the molecule is CCN(CC)c1ccc(-c2cc(-c3ccc(OC(=O)O)cc3)ccc2OCCCO)cc1C. The van der Waals surface area contributed by atoms with Crippen LogP contribution < -0.4 is 14.4 Å². The minimum Gasteiger partial charge on any atom is -0.493 e. The molecule has 0 unspecified atom stereocenters. The molecule has 0 spiro atoms. The van der Waals surface area contributed by atoms with Crippen molar-refractivity contribution >= 4 is 11.8 Å². The van der Waals surface area contributed by atoms with Gasteiger partial charge in [-0.25, -0.2) is 4.79 Å². The van der Waals surface area contributed by atoms with Crippen LogP contribution in [-0.4, -0.2) is 42.7 Å². The van der Waals surface area contributed by atoms with Gasteiger partial charge in [0.25, 0.3) is 0 Å². The summed E-state index contributed by atoms with van der Waals surface area (Å²) in [4.78, 5) is 13.1. The Morgan fingerprint density at radius 1 is 0.909 bits per heavy atom. The van der Waals surface area contributed by atoms with Gasteiger partial charge in [-0.2, -0.15) is 0 Å². The van der Waals surface area contributed by atoms with Gasteiger partial charge in [0.05, 0.1) is 6.61 Å². The van der Waals surface area contributed by atoms with Crippen molar-refractivity contribution in [2.75, 3.05) is 31.2 Å². The van der Waals surface area contributed by atoms with Crippen LogP contribution in [-0.2, 0) is 0 Å². The van der Waals surface area contributed by atoms with Crippen LogP contribution >= 0.6 is 0 Å². The Balaban J connectivity index is 2.00. The van der Waals surface area contributed by atoms with Gasteiger partial charge < -0.3 is 24.6 Å². The van der Waals surface area contributed by atoms with Crippen LogP contribution in [0.2, 0.25) is 0 Å². The number of carboxylic acid groups (broad SMARTS) is 1. The molecule has 6 nitrogen and oxygen atoms in total. The Morgan fingerprint density at radius 3 is 2.18 bits per heavy atom. The van der Waals surface area contributed by atoms with E-state index in [-0.39, 0.29) is 12.4 Å². The second-order valence-corrected chi connectivity index (χ2v) is 7.70. The minimum absolute atomic E-state index is 0.0792. The van der Waals surface area contributed by atoms with Gasteiger partial charge in [-0.1, -0.05) is 24.3 Å². The lowest BCUT2D eigenvalue weighted by molar-refractivity contribution is 0.144. The molecule has 3 rings (SSSR count). The fourth-order valence-corrected chi connectivity index (χ4v) is 3.87. The molecule has 0 amide bonds. The minimum atomic E-state index is -1.34. The molecule has 0 aromatic heterocycles. The molecule has 174 valence electrons. The maximum atomic E-state index is 10.7.